The van der Waals surface area contributed by atoms with Gasteiger partial charge in [-0.25, -0.2) is 13.2 Å². The second kappa shape index (κ2) is 5.84. The summed E-state index contributed by atoms with van der Waals surface area (Å²) in [6.45, 7) is 0.0288. The highest BCUT2D eigenvalue weighted by Crippen LogP contribution is 2.26. The van der Waals surface area contributed by atoms with Gasteiger partial charge in [0.05, 0.1) is 5.02 Å². The number of hydrogen-bond donors (Lipinski definition) is 1. The third-order valence-electron chi connectivity index (χ3n) is 2.49. The Morgan fingerprint density at radius 3 is 2.37 bits per heavy atom. The van der Waals surface area contributed by atoms with Crippen LogP contribution in [0.2, 0.25) is 5.02 Å². The summed E-state index contributed by atoms with van der Waals surface area (Å²) in [5.41, 5.74) is 0.690. The maximum absolute atomic E-state index is 13.4. The predicted molar refractivity (Wildman–Crippen MR) is 72.8 cm³/mol. The number of hydrogen-bond acceptors (Lipinski definition) is 1. The Kier molecular flexibility index (Phi) is 4.37. The summed E-state index contributed by atoms with van der Waals surface area (Å²) in [4.78, 5) is 0. The van der Waals surface area contributed by atoms with E-state index in [1.807, 2.05) is 0 Å². The number of halogens is 5. The molecule has 0 saturated heterocycles. The lowest BCUT2D eigenvalue weighted by Gasteiger charge is -2.09. The number of benzene rings is 2. The van der Waals surface area contributed by atoms with E-state index in [2.05, 4.69) is 21.2 Å². The maximum atomic E-state index is 13.4. The highest BCUT2D eigenvalue weighted by molar-refractivity contribution is 9.10. The number of anilines is 1. The van der Waals surface area contributed by atoms with Crippen LogP contribution in [0, 0.1) is 17.5 Å². The molecule has 1 nitrogen and oxygen atoms in total. The third kappa shape index (κ3) is 3.42. The molecule has 0 aliphatic carbocycles. The van der Waals surface area contributed by atoms with Crippen LogP contribution < -0.4 is 5.32 Å². The monoisotopic (exact) mass is 349 g/mol. The molecular formula is C13H8BrClF3N. The lowest BCUT2D eigenvalue weighted by Crippen LogP contribution is -2.03. The maximum Gasteiger partial charge on any atom is 0.161 e. The standard InChI is InChI=1S/C13H8BrClF3N/c14-9-2-1-8(4-10(9)15)19-6-7-3-12(17)13(18)5-11(7)16/h1-5,19H,6H2. The van der Waals surface area contributed by atoms with Crippen molar-refractivity contribution in [1.29, 1.82) is 0 Å². The Bertz CT molecular complexity index is 619. The Hall–Kier alpha value is -1.20. The van der Waals surface area contributed by atoms with Crippen LogP contribution in [0.15, 0.2) is 34.8 Å². The van der Waals surface area contributed by atoms with Gasteiger partial charge in [-0.05, 0) is 40.2 Å². The molecule has 0 spiro atoms. The Labute approximate surface area is 121 Å². The molecule has 2 aromatic carbocycles. The predicted octanol–water partition coefficient (Wildman–Crippen LogP) is 5.13. The van der Waals surface area contributed by atoms with Gasteiger partial charge in [-0.3, -0.25) is 0 Å². The van der Waals surface area contributed by atoms with E-state index in [9.17, 15) is 13.2 Å². The molecule has 0 unspecified atom stereocenters. The summed E-state index contributed by atoms with van der Waals surface area (Å²) in [6.07, 6.45) is 0. The molecule has 6 heteroatoms. The topological polar surface area (TPSA) is 12.0 Å². The minimum Gasteiger partial charge on any atom is -0.381 e. The van der Waals surface area contributed by atoms with Gasteiger partial charge in [0.1, 0.15) is 5.82 Å². The van der Waals surface area contributed by atoms with E-state index in [0.717, 1.165) is 10.5 Å². The summed E-state index contributed by atoms with van der Waals surface area (Å²) < 4.78 is 39.9. The summed E-state index contributed by atoms with van der Waals surface area (Å²) >= 11 is 9.15. The molecule has 2 rings (SSSR count). The van der Waals surface area contributed by atoms with E-state index in [1.54, 1.807) is 18.2 Å². The van der Waals surface area contributed by atoms with Crippen LogP contribution in [0.3, 0.4) is 0 Å². The highest BCUT2D eigenvalue weighted by atomic mass is 79.9. The van der Waals surface area contributed by atoms with Gasteiger partial charge in [0.25, 0.3) is 0 Å². The van der Waals surface area contributed by atoms with Gasteiger partial charge in [0.2, 0.25) is 0 Å². The van der Waals surface area contributed by atoms with Crippen LogP contribution in [0.5, 0.6) is 0 Å². The zero-order valence-electron chi connectivity index (χ0n) is 9.48. The Morgan fingerprint density at radius 1 is 1.00 bits per heavy atom. The van der Waals surface area contributed by atoms with Crippen molar-refractivity contribution in [3.8, 4) is 0 Å². The van der Waals surface area contributed by atoms with E-state index in [0.29, 0.717) is 16.8 Å². The average molecular weight is 351 g/mol. The molecule has 0 bridgehead atoms. The van der Waals surface area contributed by atoms with Crippen molar-refractivity contribution in [2.24, 2.45) is 0 Å². The largest absolute Gasteiger partial charge is 0.381 e. The first-order chi connectivity index (χ1) is 8.97. The van der Waals surface area contributed by atoms with Crippen LogP contribution in [0.25, 0.3) is 0 Å². The average Bonchev–Trinajstić information content (AvgIpc) is 2.36. The summed E-state index contributed by atoms with van der Waals surface area (Å²) in [7, 11) is 0. The van der Waals surface area contributed by atoms with Crippen LogP contribution in [-0.2, 0) is 6.54 Å². The van der Waals surface area contributed by atoms with E-state index in [4.69, 9.17) is 11.6 Å². The quantitative estimate of drug-likeness (QED) is 0.757. The second-order valence-corrected chi connectivity index (χ2v) is 5.10. The number of nitrogens with one attached hydrogen (secondary N) is 1. The van der Waals surface area contributed by atoms with Crippen LogP contribution >= 0.6 is 27.5 Å². The normalized spacial score (nSPS) is 10.6. The molecule has 19 heavy (non-hydrogen) atoms. The molecule has 0 aromatic heterocycles. The van der Waals surface area contributed by atoms with E-state index in [1.165, 1.54) is 0 Å². The molecule has 2 aromatic rings. The number of rotatable bonds is 3. The third-order valence-corrected chi connectivity index (χ3v) is 3.72. The molecule has 100 valence electrons. The van der Waals surface area contributed by atoms with E-state index in [-0.39, 0.29) is 12.1 Å². The van der Waals surface area contributed by atoms with Crippen LogP contribution in [0.1, 0.15) is 5.56 Å². The zero-order chi connectivity index (χ0) is 14.0. The minimum absolute atomic E-state index is 0.0288. The molecule has 0 heterocycles. The fraction of sp³-hybridized carbons (Fsp3) is 0.0769. The van der Waals surface area contributed by atoms with Crippen molar-refractivity contribution < 1.29 is 13.2 Å². The molecule has 0 amide bonds. The van der Waals surface area contributed by atoms with Gasteiger partial charge in [-0.15, -0.1) is 0 Å². The van der Waals surface area contributed by atoms with Crippen molar-refractivity contribution in [3.05, 3.63) is 62.8 Å². The molecule has 1 N–H and O–H groups in total. The van der Waals surface area contributed by atoms with Gasteiger partial charge in [0, 0.05) is 28.3 Å². The molecule has 0 saturated carbocycles. The minimum atomic E-state index is -1.20. The molecule has 0 fully saturated rings. The van der Waals surface area contributed by atoms with Gasteiger partial charge in [-0.1, -0.05) is 11.6 Å². The fourth-order valence-electron chi connectivity index (χ4n) is 1.50. The second-order valence-electron chi connectivity index (χ2n) is 3.84. The zero-order valence-corrected chi connectivity index (χ0v) is 11.8. The molecule has 0 aliphatic rings. The summed E-state index contributed by atoms with van der Waals surface area (Å²) in [6, 6.07) is 6.46. The fourth-order valence-corrected chi connectivity index (χ4v) is 1.93. The van der Waals surface area contributed by atoms with Crippen LogP contribution in [-0.4, -0.2) is 0 Å². The van der Waals surface area contributed by atoms with E-state index < -0.39 is 17.5 Å². The van der Waals surface area contributed by atoms with Crippen LogP contribution in [0.4, 0.5) is 18.9 Å². The van der Waals surface area contributed by atoms with Gasteiger partial charge >= 0.3 is 0 Å². The molecule has 0 atom stereocenters. The Morgan fingerprint density at radius 2 is 1.68 bits per heavy atom. The van der Waals surface area contributed by atoms with Gasteiger partial charge in [-0.2, -0.15) is 0 Å². The van der Waals surface area contributed by atoms with Crippen molar-refractivity contribution in [3.63, 3.8) is 0 Å². The lowest BCUT2D eigenvalue weighted by atomic mass is 10.2. The van der Waals surface area contributed by atoms with Gasteiger partial charge in [0.15, 0.2) is 11.6 Å². The van der Waals surface area contributed by atoms with Gasteiger partial charge < -0.3 is 5.32 Å². The van der Waals surface area contributed by atoms with Crippen molar-refractivity contribution >= 4 is 33.2 Å². The SMILES string of the molecule is Fc1cc(F)c(CNc2ccc(Br)c(Cl)c2)cc1F. The molecule has 0 radical (unpaired) electrons. The first-order valence-electron chi connectivity index (χ1n) is 5.29. The summed E-state index contributed by atoms with van der Waals surface area (Å²) in [5, 5.41) is 3.38. The van der Waals surface area contributed by atoms with E-state index >= 15 is 0 Å². The molecular weight excluding hydrogens is 343 g/mol. The Balaban J connectivity index is 2.14. The summed E-state index contributed by atoms with van der Waals surface area (Å²) in [5.74, 6) is -3.07. The first kappa shape index (κ1) is 14.2. The molecule has 0 aliphatic heterocycles. The first-order valence-corrected chi connectivity index (χ1v) is 6.47. The van der Waals surface area contributed by atoms with Crippen molar-refractivity contribution in [2.75, 3.05) is 5.32 Å². The van der Waals surface area contributed by atoms with Crippen molar-refractivity contribution in [1.82, 2.24) is 0 Å². The smallest absolute Gasteiger partial charge is 0.161 e. The highest BCUT2D eigenvalue weighted by Gasteiger charge is 2.09. The lowest BCUT2D eigenvalue weighted by molar-refractivity contribution is 0.490. The van der Waals surface area contributed by atoms with Crippen molar-refractivity contribution in [2.45, 2.75) is 6.54 Å².